The lowest BCUT2D eigenvalue weighted by atomic mass is 9.94. The highest BCUT2D eigenvalue weighted by Crippen LogP contribution is 2.26. The van der Waals surface area contributed by atoms with Crippen LogP contribution < -0.4 is 9.47 Å². The Morgan fingerprint density at radius 1 is 1.04 bits per heavy atom. The van der Waals surface area contributed by atoms with Crippen molar-refractivity contribution in [2.75, 3.05) is 40.4 Å². The monoisotopic (exact) mass is 348 g/mol. The average Bonchev–Trinajstić information content (AvgIpc) is 2.67. The summed E-state index contributed by atoms with van der Waals surface area (Å²) in [6, 6.07) is 5.18. The third kappa shape index (κ3) is 4.44. The summed E-state index contributed by atoms with van der Waals surface area (Å²) in [5.74, 6) is 1.36. The predicted molar refractivity (Wildman–Crippen MR) is 96.1 cm³/mol. The number of rotatable bonds is 6. The number of carbonyl (C=O) groups is 2. The zero-order valence-corrected chi connectivity index (χ0v) is 15.6. The largest absolute Gasteiger partial charge is 0.497 e. The van der Waals surface area contributed by atoms with Gasteiger partial charge in [0.05, 0.1) is 14.2 Å². The molecule has 0 radical (unpaired) electrons. The van der Waals surface area contributed by atoms with Crippen LogP contribution in [-0.2, 0) is 4.79 Å². The molecule has 1 aliphatic heterocycles. The molecular formula is C19H28N2O4. The number of hydrogen-bond acceptors (Lipinski definition) is 4. The first-order chi connectivity index (χ1) is 12.0. The highest BCUT2D eigenvalue weighted by molar-refractivity contribution is 5.95. The van der Waals surface area contributed by atoms with E-state index in [1.807, 2.05) is 18.7 Å². The zero-order chi connectivity index (χ0) is 18.4. The lowest BCUT2D eigenvalue weighted by Crippen LogP contribution is -2.44. The second-order valence-electron chi connectivity index (χ2n) is 6.18. The van der Waals surface area contributed by atoms with E-state index in [2.05, 4.69) is 0 Å². The van der Waals surface area contributed by atoms with Gasteiger partial charge in [-0.3, -0.25) is 9.59 Å². The van der Waals surface area contributed by atoms with E-state index in [-0.39, 0.29) is 17.7 Å². The van der Waals surface area contributed by atoms with Gasteiger partial charge in [-0.1, -0.05) is 0 Å². The van der Waals surface area contributed by atoms with Crippen LogP contribution in [-0.4, -0.2) is 62.0 Å². The Morgan fingerprint density at radius 2 is 1.56 bits per heavy atom. The molecule has 1 fully saturated rings. The normalized spacial score (nSPS) is 15.0. The van der Waals surface area contributed by atoms with E-state index in [9.17, 15) is 9.59 Å². The summed E-state index contributed by atoms with van der Waals surface area (Å²) in [6.45, 7) is 6.65. The van der Waals surface area contributed by atoms with E-state index in [1.165, 1.54) is 0 Å². The van der Waals surface area contributed by atoms with Crippen LogP contribution in [0, 0.1) is 5.92 Å². The number of likely N-dealkylation sites (tertiary alicyclic amines) is 1. The molecule has 138 valence electrons. The van der Waals surface area contributed by atoms with Gasteiger partial charge < -0.3 is 19.3 Å². The van der Waals surface area contributed by atoms with Crippen molar-refractivity contribution in [1.82, 2.24) is 9.80 Å². The standard InChI is InChI=1S/C19H28N2O4/c1-5-20(6-2)18(22)14-7-9-21(10-8-14)19(23)15-11-16(24-3)13-17(12-15)25-4/h11-14H,5-10H2,1-4H3. The molecule has 1 aromatic carbocycles. The second kappa shape index (κ2) is 8.74. The van der Waals surface area contributed by atoms with Crippen LogP contribution in [0.5, 0.6) is 11.5 Å². The Hall–Kier alpha value is -2.24. The van der Waals surface area contributed by atoms with E-state index in [1.54, 1.807) is 37.3 Å². The number of ether oxygens (including phenoxy) is 2. The molecule has 0 saturated carbocycles. The van der Waals surface area contributed by atoms with Gasteiger partial charge >= 0.3 is 0 Å². The number of benzene rings is 1. The van der Waals surface area contributed by atoms with Crippen LogP contribution in [0.15, 0.2) is 18.2 Å². The highest BCUT2D eigenvalue weighted by atomic mass is 16.5. The van der Waals surface area contributed by atoms with Gasteiger partial charge in [0.2, 0.25) is 5.91 Å². The topological polar surface area (TPSA) is 59.1 Å². The number of piperidine rings is 1. The Morgan fingerprint density at radius 3 is 2.00 bits per heavy atom. The molecule has 25 heavy (non-hydrogen) atoms. The Labute approximate surface area is 149 Å². The van der Waals surface area contributed by atoms with Gasteiger partial charge in [0.25, 0.3) is 5.91 Å². The van der Waals surface area contributed by atoms with Gasteiger partial charge in [-0.05, 0) is 38.8 Å². The van der Waals surface area contributed by atoms with E-state index in [0.717, 1.165) is 13.1 Å². The lowest BCUT2D eigenvalue weighted by Gasteiger charge is -2.33. The number of methoxy groups -OCH3 is 2. The molecule has 0 atom stereocenters. The molecular weight excluding hydrogens is 320 g/mol. The summed E-state index contributed by atoms with van der Waals surface area (Å²) >= 11 is 0. The molecule has 6 nitrogen and oxygen atoms in total. The van der Waals surface area contributed by atoms with E-state index < -0.39 is 0 Å². The van der Waals surface area contributed by atoms with Gasteiger partial charge in [0.1, 0.15) is 11.5 Å². The Balaban J connectivity index is 2.03. The Kier molecular flexibility index (Phi) is 6.67. The molecule has 1 aliphatic rings. The van der Waals surface area contributed by atoms with Gasteiger partial charge in [-0.25, -0.2) is 0 Å². The van der Waals surface area contributed by atoms with Crippen molar-refractivity contribution in [3.05, 3.63) is 23.8 Å². The minimum Gasteiger partial charge on any atom is -0.497 e. The van der Waals surface area contributed by atoms with Crippen molar-refractivity contribution >= 4 is 11.8 Å². The maximum absolute atomic E-state index is 12.8. The number of carbonyl (C=O) groups excluding carboxylic acids is 2. The fourth-order valence-electron chi connectivity index (χ4n) is 3.24. The van der Waals surface area contributed by atoms with E-state index in [0.29, 0.717) is 43.0 Å². The molecule has 0 aromatic heterocycles. The van der Waals surface area contributed by atoms with Gasteiger partial charge in [0, 0.05) is 43.7 Å². The zero-order valence-electron chi connectivity index (χ0n) is 15.6. The smallest absolute Gasteiger partial charge is 0.254 e. The van der Waals surface area contributed by atoms with Gasteiger partial charge in [-0.15, -0.1) is 0 Å². The van der Waals surface area contributed by atoms with Crippen molar-refractivity contribution in [2.45, 2.75) is 26.7 Å². The molecule has 0 bridgehead atoms. The molecule has 0 unspecified atom stereocenters. The molecule has 1 aromatic rings. The molecule has 0 aliphatic carbocycles. The van der Waals surface area contributed by atoms with Crippen LogP contribution in [0.4, 0.5) is 0 Å². The maximum Gasteiger partial charge on any atom is 0.254 e. The van der Waals surface area contributed by atoms with Crippen LogP contribution in [0.1, 0.15) is 37.0 Å². The fraction of sp³-hybridized carbons (Fsp3) is 0.579. The van der Waals surface area contributed by atoms with Crippen molar-refractivity contribution in [2.24, 2.45) is 5.92 Å². The van der Waals surface area contributed by atoms with E-state index in [4.69, 9.17) is 9.47 Å². The van der Waals surface area contributed by atoms with E-state index >= 15 is 0 Å². The van der Waals surface area contributed by atoms with Crippen molar-refractivity contribution in [3.8, 4) is 11.5 Å². The van der Waals surface area contributed by atoms with Crippen molar-refractivity contribution in [1.29, 1.82) is 0 Å². The SMILES string of the molecule is CCN(CC)C(=O)C1CCN(C(=O)c2cc(OC)cc(OC)c2)CC1. The van der Waals surface area contributed by atoms with Crippen molar-refractivity contribution < 1.29 is 19.1 Å². The second-order valence-corrected chi connectivity index (χ2v) is 6.18. The van der Waals surface area contributed by atoms with Crippen LogP contribution >= 0.6 is 0 Å². The number of hydrogen-bond donors (Lipinski definition) is 0. The summed E-state index contributed by atoms with van der Waals surface area (Å²) in [5, 5.41) is 0. The summed E-state index contributed by atoms with van der Waals surface area (Å²) in [7, 11) is 3.13. The molecule has 6 heteroatoms. The molecule has 0 N–H and O–H groups in total. The third-order valence-electron chi connectivity index (χ3n) is 4.80. The summed E-state index contributed by atoms with van der Waals surface area (Å²) in [5.41, 5.74) is 0.546. The summed E-state index contributed by atoms with van der Waals surface area (Å²) in [6.07, 6.45) is 1.42. The lowest BCUT2D eigenvalue weighted by molar-refractivity contribution is -0.136. The van der Waals surface area contributed by atoms with Gasteiger partial charge in [0.15, 0.2) is 0 Å². The van der Waals surface area contributed by atoms with Crippen LogP contribution in [0.3, 0.4) is 0 Å². The average molecular weight is 348 g/mol. The number of nitrogens with zero attached hydrogens (tertiary/aromatic N) is 2. The first-order valence-corrected chi connectivity index (χ1v) is 8.85. The minimum absolute atomic E-state index is 0.0174. The summed E-state index contributed by atoms with van der Waals surface area (Å²) in [4.78, 5) is 28.9. The van der Waals surface area contributed by atoms with Gasteiger partial charge in [-0.2, -0.15) is 0 Å². The minimum atomic E-state index is -0.0501. The quantitative estimate of drug-likeness (QED) is 0.792. The third-order valence-corrected chi connectivity index (χ3v) is 4.80. The Bertz CT molecular complexity index is 583. The first kappa shape index (κ1) is 19.1. The predicted octanol–water partition coefficient (Wildman–Crippen LogP) is 2.42. The highest BCUT2D eigenvalue weighted by Gasteiger charge is 2.30. The number of amides is 2. The molecule has 1 saturated heterocycles. The van der Waals surface area contributed by atoms with Crippen LogP contribution in [0.25, 0.3) is 0 Å². The molecule has 2 amide bonds. The van der Waals surface area contributed by atoms with Crippen molar-refractivity contribution in [3.63, 3.8) is 0 Å². The molecule has 1 heterocycles. The molecule has 0 spiro atoms. The van der Waals surface area contributed by atoms with Crippen LogP contribution in [0.2, 0.25) is 0 Å². The maximum atomic E-state index is 12.8. The fourth-order valence-corrected chi connectivity index (χ4v) is 3.24. The first-order valence-electron chi connectivity index (χ1n) is 8.85. The summed E-state index contributed by atoms with van der Waals surface area (Å²) < 4.78 is 10.5. The molecule has 2 rings (SSSR count).